The van der Waals surface area contributed by atoms with Crippen molar-refractivity contribution in [1.82, 2.24) is 9.97 Å². The number of aryl methyl sites for hydroxylation is 1. The Hall–Kier alpha value is -2.59. The summed E-state index contributed by atoms with van der Waals surface area (Å²) >= 11 is 1.49. The van der Waals surface area contributed by atoms with E-state index in [0.29, 0.717) is 22.9 Å². The van der Waals surface area contributed by atoms with Crippen LogP contribution in [0.5, 0.6) is 0 Å². The Kier molecular flexibility index (Phi) is 5.51. The van der Waals surface area contributed by atoms with Crippen LogP contribution in [0.15, 0.2) is 29.4 Å². The van der Waals surface area contributed by atoms with Crippen LogP contribution in [0.3, 0.4) is 0 Å². The Morgan fingerprint density at radius 3 is 2.80 bits per heavy atom. The molecule has 3 rings (SSSR count). The first kappa shape index (κ1) is 17.2. The van der Waals surface area contributed by atoms with Gasteiger partial charge in [-0.2, -0.15) is 5.26 Å². The van der Waals surface area contributed by atoms with Gasteiger partial charge in [-0.25, -0.2) is 9.97 Å². The van der Waals surface area contributed by atoms with Gasteiger partial charge >= 0.3 is 5.97 Å². The maximum absolute atomic E-state index is 10.6. The predicted molar refractivity (Wildman–Crippen MR) is 96.1 cm³/mol. The van der Waals surface area contributed by atoms with Crippen molar-refractivity contribution in [2.75, 3.05) is 11.1 Å². The lowest BCUT2D eigenvalue weighted by atomic mass is 10.2. The fraction of sp³-hybridized carbons (Fsp3) is 0.333. The van der Waals surface area contributed by atoms with Crippen LogP contribution in [0.2, 0.25) is 0 Å². The number of carbonyl (C=O) groups is 1. The first-order valence-corrected chi connectivity index (χ1v) is 9.16. The third-order valence-electron chi connectivity index (χ3n) is 3.96. The zero-order chi connectivity index (χ0) is 17.6. The maximum atomic E-state index is 10.6. The molecule has 1 aromatic heterocycles. The topological polar surface area (TPSA) is 98.9 Å². The standard InChI is InChI=1S/C18H18N4O2S/c19-11-12-6-8-13(9-7-12)20-17-14-3-1-4-15(14)21-18(22-17)25-10-2-5-16(23)24/h6-9H,1-5,10H2,(H,23,24)(H,20,21,22). The van der Waals surface area contributed by atoms with E-state index in [1.54, 1.807) is 12.1 Å². The largest absolute Gasteiger partial charge is 0.481 e. The van der Waals surface area contributed by atoms with Gasteiger partial charge in [0.2, 0.25) is 0 Å². The molecule has 0 saturated heterocycles. The number of nitrogens with zero attached hydrogens (tertiary/aromatic N) is 3. The average Bonchev–Trinajstić information content (AvgIpc) is 3.08. The van der Waals surface area contributed by atoms with Crippen molar-refractivity contribution in [3.05, 3.63) is 41.1 Å². The van der Waals surface area contributed by atoms with Crippen molar-refractivity contribution < 1.29 is 9.90 Å². The van der Waals surface area contributed by atoms with E-state index in [1.165, 1.54) is 11.8 Å². The quantitative estimate of drug-likeness (QED) is 0.446. The lowest BCUT2D eigenvalue weighted by molar-refractivity contribution is -0.137. The molecule has 128 valence electrons. The third kappa shape index (κ3) is 4.48. The normalized spacial score (nSPS) is 12.4. The van der Waals surface area contributed by atoms with E-state index in [-0.39, 0.29) is 6.42 Å². The predicted octanol–water partition coefficient (Wildman–Crippen LogP) is 3.54. The summed E-state index contributed by atoms with van der Waals surface area (Å²) in [5.74, 6) is 0.716. The third-order valence-corrected chi connectivity index (χ3v) is 4.89. The fourth-order valence-corrected chi connectivity index (χ4v) is 3.53. The number of fused-ring (bicyclic) bond motifs is 1. The summed E-state index contributed by atoms with van der Waals surface area (Å²) in [6.45, 7) is 0. The highest BCUT2D eigenvalue weighted by Gasteiger charge is 2.19. The minimum absolute atomic E-state index is 0.161. The van der Waals surface area contributed by atoms with Gasteiger partial charge in [0.05, 0.1) is 17.3 Å². The van der Waals surface area contributed by atoms with E-state index in [2.05, 4.69) is 21.4 Å². The molecule has 2 N–H and O–H groups in total. The van der Waals surface area contributed by atoms with Crippen LogP contribution in [-0.4, -0.2) is 26.8 Å². The van der Waals surface area contributed by atoms with Gasteiger partial charge in [-0.3, -0.25) is 4.79 Å². The van der Waals surface area contributed by atoms with Crippen molar-refractivity contribution >= 4 is 29.2 Å². The molecule has 0 bridgehead atoms. The number of rotatable bonds is 7. The molecule has 0 atom stereocenters. The van der Waals surface area contributed by atoms with E-state index in [4.69, 9.17) is 10.4 Å². The number of hydrogen-bond acceptors (Lipinski definition) is 6. The number of carboxylic acid groups (broad SMARTS) is 1. The number of aliphatic carboxylic acids is 1. The van der Waals surface area contributed by atoms with E-state index >= 15 is 0 Å². The molecule has 0 fully saturated rings. The van der Waals surface area contributed by atoms with Gasteiger partial charge in [0.25, 0.3) is 0 Å². The van der Waals surface area contributed by atoms with Gasteiger partial charge in [-0.15, -0.1) is 0 Å². The second-order valence-corrected chi connectivity index (χ2v) is 6.86. The molecule has 2 aromatic rings. The molecule has 1 aromatic carbocycles. The minimum Gasteiger partial charge on any atom is -0.481 e. The SMILES string of the molecule is N#Cc1ccc(Nc2nc(SCCCC(=O)O)nc3c2CCC3)cc1. The first-order chi connectivity index (χ1) is 12.2. The lowest BCUT2D eigenvalue weighted by Gasteiger charge is -2.12. The fourth-order valence-electron chi connectivity index (χ4n) is 2.73. The second kappa shape index (κ2) is 7.99. The summed E-state index contributed by atoms with van der Waals surface area (Å²) in [7, 11) is 0. The Morgan fingerprint density at radius 1 is 1.28 bits per heavy atom. The summed E-state index contributed by atoms with van der Waals surface area (Å²) in [5.41, 5.74) is 3.73. The highest BCUT2D eigenvalue weighted by Crippen LogP contribution is 2.31. The monoisotopic (exact) mass is 354 g/mol. The summed E-state index contributed by atoms with van der Waals surface area (Å²) in [6.07, 6.45) is 3.73. The molecule has 1 aliphatic rings. The number of nitrogens with one attached hydrogen (secondary N) is 1. The summed E-state index contributed by atoms with van der Waals surface area (Å²) < 4.78 is 0. The molecule has 0 amide bonds. The van der Waals surface area contributed by atoms with E-state index in [1.807, 2.05) is 12.1 Å². The number of hydrogen-bond donors (Lipinski definition) is 2. The summed E-state index contributed by atoms with van der Waals surface area (Å²) in [4.78, 5) is 19.8. The van der Waals surface area contributed by atoms with Gasteiger partial charge in [0.1, 0.15) is 5.82 Å². The number of nitriles is 1. The van der Waals surface area contributed by atoms with Gasteiger partial charge in [0, 0.05) is 23.4 Å². The first-order valence-electron chi connectivity index (χ1n) is 8.17. The zero-order valence-electron chi connectivity index (χ0n) is 13.7. The van der Waals surface area contributed by atoms with Crippen LogP contribution >= 0.6 is 11.8 Å². The molecular weight excluding hydrogens is 336 g/mol. The lowest BCUT2D eigenvalue weighted by Crippen LogP contribution is -2.04. The molecule has 7 heteroatoms. The highest BCUT2D eigenvalue weighted by atomic mass is 32.2. The van der Waals surface area contributed by atoms with E-state index in [0.717, 1.165) is 42.0 Å². The molecule has 0 spiro atoms. The van der Waals surface area contributed by atoms with Crippen LogP contribution in [0.25, 0.3) is 0 Å². The molecular formula is C18H18N4O2S. The number of anilines is 2. The van der Waals surface area contributed by atoms with Crippen molar-refractivity contribution in [2.45, 2.75) is 37.3 Å². The average molecular weight is 354 g/mol. The zero-order valence-corrected chi connectivity index (χ0v) is 14.5. The maximum Gasteiger partial charge on any atom is 0.303 e. The van der Waals surface area contributed by atoms with Crippen molar-refractivity contribution in [1.29, 1.82) is 5.26 Å². The van der Waals surface area contributed by atoms with E-state index < -0.39 is 5.97 Å². The molecule has 0 aliphatic heterocycles. The second-order valence-electron chi connectivity index (χ2n) is 5.79. The molecule has 1 heterocycles. The number of benzene rings is 1. The van der Waals surface area contributed by atoms with Gasteiger partial charge < -0.3 is 10.4 Å². The molecule has 0 radical (unpaired) electrons. The van der Waals surface area contributed by atoms with Crippen molar-refractivity contribution in [3.8, 4) is 6.07 Å². The van der Waals surface area contributed by atoms with Crippen LogP contribution in [0.4, 0.5) is 11.5 Å². The molecule has 0 saturated carbocycles. The van der Waals surface area contributed by atoms with Gasteiger partial charge in [-0.05, 0) is 49.9 Å². The Morgan fingerprint density at radius 2 is 2.08 bits per heavy atom. The van der Waals surface area contributed by atoms with Crippen LogP contribution in [0.1, 0.15) is 36.1 Å². The molecule has 6 nitrogen and oxygen atoms in total. The highest BCUT2D eigenvalue weighted by molar-refractivity contribution is 7.99. The van der Waals surface area contributed by atoms with Crippen LogP contribution in [0, 0.1) is 11.3 Å². The smallest absolute Gasteiger partial charge is 0.303 e. The van der Waals surface area contributed by atoms with Crippen molar-refractivity contribution in [3.63, 3.8) is 0 Å². The molecule has 0 unspecified atom stereocenters. The molecule has 1 aliphatic carbocycles. The van der Waals surface area contributed by atoms with E-state index in [9.17, 15) is 4.79 Å². The van der Waals surface area contributed by atoms with Crippen molar-refractivity contribution in [2.24, 2.45) is 0 Å². The minimum atomic E-state index is -0.779. The number of thioether (sulfide) groups is 1. The Balaban J connectivity index is 1.75. The summed E-state index contributed by atoms with van der Waals surface area (Å²) in [6, 6.07) is 9.37. The molecule has 25 heavy (non-hydrogen) atoms. The van der Waals surface area contributed by atoms with Crippen LogP contribution in [-0.2, 0) is 17.6 Å². The Labute approximate surface area is 150 Å². The summed E-state index contributed by atoms with van der Waals surface area (Å²) in [5, 5.41) is 21.6. The van der Waals surface area contributed by atoms with Crippen LogP contribution < -0.4 is 5.32 Å². The van der Waals surface area contributed by atoms with Gasteiger partial charge in [-0.1, -0.05) is 11.8 Å². The number of aromatic nitrogens is 2. The van der Waals surface area contributed by atoms with Gasteiger partial charge in [0.15, 0.2) is 5.16 Å². The Bertz CT molecular complexity index is 815. The number of carboxylic acids is 1.